The Balaban J connectivity index is 1.70. The molecule has 0 spiro atoms. The quantitative estimate of drug-likeness (QED) is 0.921. The first kappa shape index (κ1) is 17.2. The number of fused-ring (bicyclic) bond motifs is 1. The Hall–Kier alpha value is -2.63. The second-order valence-corrected chi connectivity index (χ2v) is 6.22. The smallest absolute Gasteiger partial charge is 0.367 e. The van der Waals surface area contributed by atoms with E-state index in [1.165, 1.54) is 0 Å². The van der Waals surface area contributed by atoms with Crippen molar-refractivity contribution in [3.8, 4) is 6.07 Å². The molecule has 0 saturated carbocycles. The minimum atomic E-state index is -4.42. The molecule has 0 unspecified atom stereocenters. The number of aryl methyl sites for hydroxylation is 2. The summed E-state index contributed by atoms with van der Waals surface area (Å²) >= 11 is 0. The van der Waals surface area contributed by atoms with Crippen LogP contribution >= 0.6 is 0 Å². The molecular formula is C16H17F3N6. The summed E-state index contributed by atoms with van der Waals surface area (Å²) in [5.41, 5.74) is 1.08. The Morgan fingerprint density at radius 1 is 1.36 bits per heavy atom. The Morgan fingerprint density at radius 3 is 2.80 bits per heavy atom. The Morgan fingerprint density at radius 2 is 2.12 bits per heavy atom. The zero-order chi connectivity index (χ0) is 18.2. The molecule has 132 valence electrons. The van der Waals surface area contributed by atoms with E-state index in [9.17, 15) is 18.4 Å². The normalized spacial score (nSPS) is 17.0. The molecule has 3 heterocycles. The fourth-order valence-electron chi connectivity index (χ4n) is 2.93. The number of hydrogen-bond acceptors (Lipinski definition) is 5. The monoisotopic (exact) mass is 350 g/mol. The van der Waals surface area contributed by atoms with Crippen LogP contribution in [-0.2, 0) is 19.1 Å². The molecule has 2 aromatic heterocycles. The highest BCUT2D eigenvalue weighted by Crippen LogP contribution is 2.30. The van der Waals surface area contributed by atoms with Crippen LogP contribution in [-0.4, -0.2) is 26.3 Å². The van der Waals surface area contributed by atoms with Crippen molar-refractivity contribution in [1.82, 2.24) is 19.7 Å². The first-order chi connectivity index (χ1) is 11.8. The predicted octanol–water partition coefficient (Wildman–Crippen LogP) is 2.85. The Labute approximate surface area is 142 Å². The van der Waals surface area contributed by atoms with Crippen molar-refractivity contribution >= 4 is 5.82 Å². The molecule has 1 atom stereocenters. The van der Waals surface area contributed by atoms with Crippen LogP contribution < -0.4 is 5.32 Å². The lowest BCUT2D eigenvalue weighted by molar-refractivity contribution is -0.141. The number of nitrogens with zero attached hydrogens (tertiary/aromatic N) is 5. The van der Waals surface area contributed by atoms with Crippen LogP contribution in [0.15, 0.2) is 6.20 Å². The van der Waals surface area contributed by atoms with E-state index in [1.807, 2.05) is 6.92 Å². The second-order valence-electron chi connectivity index (χ2n) is 6.22. The molecule has 1 N–H and O–H groups in total. The molecule has 0 amide bonds. The molecule has 0 aromatic carbocycles. The summed E-state index contributed by atoms with van der Waals surface area (Å²) in [5.74, 6) is 1.00. The number of nitrogens with one attached hydrogen (secondary N) is 1. The van der Waals surface area contributed by atoms with Gasteiger partial charge in [0.2, 0.25) is 0 Å². The summed E-state index contributed by atoms with van der Waals surface area (Å²) in [6, 6.07) is 2.12. The number of hydrogen-bond donors (Lipinski definition) is 1. The van der Waals surface area contributed by atoms with Gasteiger partial charge in [0.05, 0.1) is 5.69 Å². The molecule has 0 fully saturated rings. The van der Waals surface area contributed by atoms with Gasteiger partial charge in [0.1, 0.15) is 17.5 Å². The molecule has 0 saturated heterocycles. The number of anilines is 1. The van der Waals surface area contributed by atoms with Gasteiger partial charge in [0, 0.05) is 25.7 Å². The fourth-order valence-corrected chi connectivity index (χ4v) is 2.93. The van der Waals surface area contributed by atoms with Gasteiger partial charge in [-0.1, -0.05) is 0 Å². The minimum Gasteiger partial charge on any atom is -0.367 e. The fraction of sp³-hybridized carbons (Fsp3) is 0.500. The minimum absolute atomic E-state index is 0.123. The van der Waals surface area contributed by atoms with Crippen LogP contribution in [0, 0.1) is 31.1 Å². The van der Waals surface area contributed by atoms with Crippen molar-refractivity contribution in [2.45, 2.75) is 39.4 Å². The van der Waals surface area contributed by atoms with Crippen LogP contribution in [0.4, 0.5) is 19.0 Å². The molecule has 1 aliphatic heterocycles. The van der Waals surface area contributed by atoms with Gasteiger partial charge in [-0.3, -0.25) is 0 Å². The molecule has 0 bridgehead atoms. The van der Waals surface area contributed by atoms with E-state index in [1.54, 1.807) is 11.5 Å². The van der Waals surface area contributed by atoms with Gasteiger partial charge in [0.25, 0.3) is 0 Å². The lowest BCUT2D eigenvalue weighted by atomic mass is 9.99. The van der Waals surface area contributed by atoms with Gasteiger partial charge < -0.3 is 9.88 Å². The average molecular weight is 350 g/mol. The number of nitriles is 1. The number of imidazole rings is 1. The van der Waals surface area contributed by atoms with E-state index >= 15 is 0 Å². The maximum atomic E-state index is 12.8. The van der Waals surface area contributed by atoms with Crippen molar-refractivity contribution in [2.24, 2.45) is 5.92 Å². The van der Waals surface area contributed by atoms with E-state index in [0.29, 0.717) is 42.4 Å². The van der Waals surface area contributed by atoms with Gasteiger partial charge in [-0.2, -0.15) is 23.5 Å². The molecule has 3 rings (SSSR count). The lowest BCUT2D eigenvalue weighted by Gasteiger charge is -2.24. The summed E-state index contributed by atoms with van der Waals surface area (Å²) in [7, 11) is 0. The van der Waals surface area contributed by atoms with Crippen molar-refractivity contribution in [3.05, 3.63) is 34.5 Å². The van der Waals surface area contributed by atoms with Gasteiger partial charge in [0.15, 0.2) is 11.5 Å². The van der Waals surface area contributed by atoms with E-state index < -0.39 is 11.9 Å². The van der Waals surface area contributed by atoms with Gasteiger partial charge >= 0.3 is 6.18 Å². The van der Waals surface area contributed by atoms with E-state index in [4.69, 9.17) is 0 Å². The van der Waals surface area contributed by atoms with Crippen LogP contribution in [0.25, 0.3) is 0 Å². The third-order valence-electron chi connectivity index (χ3n) is 4.51. The average Bonchev–Trinajstić information content (AvgIpc) is 2.99. The molecule has 0 aliphatic carbocycles. The lowest BCUT2D eigenvalue weighted by Crippen LogP contribution is -2.26. The Bertz CT molecular complexity index is 834. The van der Waals surface area contributed by atoms with E-state index in [-0.39, 0.29) is 5.92 Å². The third kappa shape index (κ3) is 3.43. The van der Waals surface area contributed by atoms with Crippen LogP contribution in [0.2, 0.25) is 0 Å². The van der Waals surface area contributed by atoms with Crippen molar-refractivity contribution in [2.75, 3.05) is 11.9 Å². The first-order valence-corrected chi connectivity index (χ1v) is 7.90. The number of halogens is 3. The topological polar surface area (TPSA) is 79.4 Å². The zero-order valence-electron chi connectivity index (χ0n) is 13.9. The predicted molar refractivity (Wildman–Crippen MR) is 83.8 cm³/mol. The summed E-state index contributed by atoms with van der Waals surface area (Å²) < 4.78 is 39.8. The van der Waals surface area contributed by atoms with Crippen LogP contribution in [0.1, 0.15) is 34.8 Å². The van der Waals surface area contributed by atoms with Gasteiger partial charge in [-0.25, -0.2) is 4.98 Å². The molecule has 1 aliphatic rings. The highest BCUT2D eigenvalue weighted by Gasteiger charge is 2.35. The van der Waals surface area contributed by atoms with E-state index in [0.717, 1.165) is 18.2 Å². The van der Waals surface area contributed by atoms with Crippen LogP contribution in [0.3, 0.4) is 0 Å². The SMILES string of the molecule is Cc1nnc(NC[C@@H]2CCc3nc(C(F)(F)F)cn3C2)c(C#N)c1C. The van der Waals surface area contributed by atoms with Gasteiger partial charge in [-0.15, -0.1) is 5.10 Å². The molecule has 2 aromatic rings. The first-order valence-electron chi connectivity index (χ1n) is 7.90. The number of alkyl halides is 3. The van der Waals surface area contributed by atoms with Crippen molar-refractivity contribution in [1.29, 1.82) is 5.26 Å². The standard InChI is InChI=1S/C16H17F3N6/c1-9-10(2)23-24-15(12(9)5-20)21-6-11-3-4-14-22-13(16(17,18)19)8-25(14)7-11/h8,11H,3-4,6-7H2,1-2H3,(H,21,24)/t11-/m0/s1. The maximum absolute atomic E-state index is 12.8. The highest BCUT2D eigenvalue weighted by molar-refractivity contribution is 5.55. The number of aromatic nitrogens is 4. The molecule has 0 radical (unpaired) electrons. The second kappa shape index (κ2) is 6.35. The summed E-state index contributed by atoms with van der Waals surface area (Å²) in [6.45, 7) is 4.55. The van der Waals surface area contributed by atoms with Crippen molar-refractivity contribution < 1.29 is 13.2 Å². The summed E-state index contributed by atoms with van der Waals surface area (Å²) in [4.78, 5) is 3.68. The number of rotatable bonds is 3. The molecule has 9 heteroatoms. The van der Waals surface area contributed by atoms with Crippen molar-refractivity contribution in [3.63, 3.8) is 0 Å². The third-order valence-corrected chi connectivity index (χ3v) is 4.51. The summed E-state index contributed by atoms with van der Waals surface area (Å²) in [5, 5.41) is 20.4. The van der Waals surface area contributed by atoms with Crippen LogP contribution in [0.5, 0.6) is 0 Å². The molecule has 6 nitrogen and oxygen atoms in total. The maximum Gasteiger partial charge on any atom is 0.434 e. The van der Waals surface area contributed by atoms with Gasteiger partial charge in [-0.05, 0) is 31.7 Å². The Kier molecular flexibility index (Phi) is 4.37. The largest absolute Gasteiger partial charge is 0.434 e. The molecular weight excluding hydrogens is 333 g/mol. The van der Waals surface area contributed by atoms with E-state index in [2.05, 4.69) is 26.6 Å². The zero-order valence-corrected chi connectivity index (χ0v) is 13.9. The molecule has 25 heavy (non-hydrogen) atoms. The highest BCUT2D eigenvalue weighted by atomic mass is 19.4. The summed E-state index contributed by atoms with van der Waals surface area (Å²) in [6.07, 6.45) is -2.14.